The van der Waals surface area contributed by atoms with Crippen molar-refractivity contribution in [2.75, 3.05) is 7.11 Å². The Morgan fingerprint density at radius 3 is 2.38 bits per heavy atom. The molecule has 0 saturated heterocycles. The summed E-state index contributed by atoms with van der Waals surface area (Å²) in [6.45, 7) is 0. The third-order valence-electron chi connectivity index (χ3n) is 4.28. The summed E-state index contributed by atoms with van der Waals surface area (Å²) in [5, 5.41) is 6.84. The smallest absolute Gasteiger partial charge is 0.337 e. The molecule has 0 unspecified atom stereocenters. The van der Waals surface area contributed by atoms with E-state index in [0.29, 0.717) is 5.56 Å². The summed E-state index contributed by atoms with van der Waals surface area (Å²) >= 11 is 0. The first kappa shape index (κ1) is 19.6. The van der Waals surface area contributed by atoms with E-state index in [9.17, 15) is 14.4 Å². The van der Waals surface area contributed by atoms with Crippen LogP contribution >= 0.6 is 0 Å². The molecule has 140 valence electrons. The number of amides is 2. The average molecular weight is 359 g/mol. The second kappa shape index (κ2) is 10.3. The van der Waals surface area contributed by atoms with Crippen molar-refractivity contribution in [2.45, 2.75) is 51.0 Å². The Hall–Kier alpha value is -2.70. The van der Waals surface area contributed by atoms with Crippen molar-refractivity contribution in [3.8, 4) is 0 Å². The lowest BCUT2D eigenvalue weighted by Gasteiger charge is -2.22. The lowest BCUT2D eigenvalue weighted by Crippen LogP contribution is -2.36. The molecular weight excluding hydrogens is 334 g/mol. The van der Waals surface area contributed by atoms with Gasteiger partial charge in [0.05, 0.1) is 18.9 Å². The van der Waals surface area contributed by atoms with Gasteiger partial charge in [-0.25, -0.2) is 10.2 Å². The molecule has 2 N–H and O–H groups in total. The summed E-state index contributed by atoms with van der Waals surface area (Å²) in [6, 6.07) is 6.87. The van der Waals surface area contributed by atoms with E-state index in [2.05, 4.69) is 20.6 Å². The van der Waals surface area contributed by atoms with Crippen LogP contribution < -0.4 is 10.7 Å². The van der Waals surface area contributed by atoms with E-state index in [1.165, 1.54) is 19.7 Å². The van der Waals surface area contributed by atoms with Gasteiger partial charge in [-0.05, 0) is 30.5 Å². The Bertz CT molecular complexity index is 649. The summed E-state index contributed by atoms with van der Waals surface area (Å²) in [5.41, 5.74) is 3.57. The zero-order valence-electron chi connectivity index (χ0n) is 15.0. The molecule has 1 aromatic carbocycles. The highest BCUT2D eigenvalue weighted by atomic mass is 16.5. The second-order valence-electron chi connectivity index (χ2n) is 6.31. The third kappa shape index (κ3) is 6.66. The largest absolute Gasteiger partial charge is 0.465 e. The molecule has 0 spiro atoms. The fraction of sp³-hybridized carbons (Fsp3) is 0.474. The Labute approximate surface area is 153 Å². The van der Waals surface area contributed by atoms with Crippen LogP contribution in [0, 0.1) is 0 Å². The van der Waals surface area contributed by atoms with Crippen molar-refractivity contribution in [1.82, 2.24) is 10.7 Å². The fourth-order valence-corrected chi connectivity index (χ4v) is 2.83. The molecule has 1 saturated carbocycles. The lowest BCUT2D eigenvalue weighted by molar-refractivity contribution is -0.126. The molecule has 1 aromatic rings. The van der Waals surface area contributed by atoms with Gasteiger partial charge in [0, 0.05) is 18.9 Å². The number of hydrogen-bond acceptors (Lipinski definition) is 5. The molecule has 2 amide bonds. The number of nitrogens with zero attached hydrogens (tertiary/aromatic N) is 1. The lowest BCUT2D eigenvalue weighted by atomic mass is 9.95. The number of carbonyl (C=O) groups is 3. The number of rotatable bonds is 7. The molecule has 0 atom stereocenters. The minimum atomic E-state index is -0.409. The summed E-state index contributed by atoms with van der Waals surface area (Å²) in [7, 11) is 1.32. The second-order valence-corrected chi connectivity index (χ2v) is 6.31. The standard InChI is InChI=1S/C19H25N3O4/c1-26-19(25)15-9-7-14(8-10-15)13-20-22-18(24)12-11-17(23)21-16-5-3-2-4-6-16/h7-10,13,16H,2-6,11-12H2,1H3,(H,21,23)(H,22,24)/b20-13-. The Morgan fingerprint density at radius 2 is 1.73 bits per heavy atom. The highest BCUT2D eigenvalue weighted by molar-refractivity contribution is 5.91. The van der Waals surface area contributed by atoms with Gasteiger partial charge >= 0.3 is 5.97 Å². The van der Waals surface area contributed by atoms with E-state index < -0.39 is 5.97 Å². The van der Waals surface area contributed by atoms with Crippen LogP contribution in [0.1, 0.15) is 60.9 Å². The maximum atomic E-state index is 11.9. The van der Waals surface area contributed by atoms with Crippen LogP contribution in [0.3, 0.4) is 0 Å². The van der Waals surface area contributed by atoms with Crippen LogP contribution in [0.15, 0.2) is 29.4 Å². The van der Waals surface area contributed by atoms with E-state index in [0.717, 1.165) is 31.2 Å². The summed E-state index contributed by atoms with van der Waals surface area (Å²) in [6.07, 6.45) is 7.32. The van der Waals surface area contributed by atoms with Crippen LogP contribution in [0.4, 0.5) is 0 Å². The molecule has 0 bridgehead atoms. The molecule has 2 rings (SSSR count). The number of carbonyl (C=O) groups excluding carboxylic acids is 3. The number of nitrogens with one attached hydrogen (secondary N) is 2. The average Bonchev–Trinajstić information content (AvgIpc) is 2.67. The highest BCUT2D eigenvalue weighted by Gasteiger charge is 2.16. The third-order valence-corrected chi connectivity index (χ3v) is 4.28. The van der Waals surface area contributed by atoms with Crippen molar-refractivity contribution in [3.05, 3.63) is 35.4 Å². The van der Waals surface area contributed by atoms with Gasteiger partial charge in [-0.2, -0.15) is 5.10 Å². The number of hydrazone groups is 1. The summed E-state index contributed by atoms with van der Waals surface area (Å²) < 4.78 is 4.62. The fourth-order valence-electron chi connectivity index (χ4n) is 2.83. The van der Waals surface area contributed by atoms with E-state index in [1.807, 2.05) is 0 Å². The van der Waals surface area contributed by atoms with Crippen molar-refractivity contribution in [2.24, 2.45) is 5.10 Å². The van der Waals surface area contributed by atoms with Crippen LogP contribution in [0.25, 0.3) is 0 Å². The van der Waals surface area contributed by atoms with Crippen LogP contribution in [-0.4, -0.2) is 37.1 Å². The van der Waals surface area contributed by atoms with Gasteiger partial charge in [0.1, 0.15) is 0 Å². The zero-order chi connectivity index (χ0) is 18.8. The van der Waals surface area contributed by atoms with Crippen molar-refractivity contribution in [1.29, 1.82) is 0 Å². The molecule has 0 heterocycles. The number of esters is 1. The van der Waals surface area contributed by atoms with E-state index >= 15 is 0 Å². The Kier molecular flexibility index (Phi) is 7.79. The Morgan fingerprint density at radius 1 is 1.08 bits per heavy atom. The van der Waals surface area contributed by atoms with Gasteiger partial charge in [0.25, 0.3) is 0 Å². The van der Waals surface area contributed by atoms with Crippen molar-refractivity contribution in [3.63, 3.8) is 0 Å². The van der Waals surface area contributed by atoms with Crippen LogP contribution in [0.5, 0.6) is 0 Å². The molecule has 1 aliphatic carbocycles. The van der Waals surface area contributed by atoms with Crippen molar-refractivity contribution < 1.29 is 19.1 Å². The highest BCUT2D eigenvalue weighted by Crippen LogP contribution is 2.17. The predicted octanol–water partition coefficient (Wildman–Crippen LogP) is 2.15. The zero-order valence-corrected chi connectivity index (χ0v) is 15.0. The van der Waals surface area contributed by atoms with Gasteiger partial charge in [-0.15, -0.1) is 0 Å². The predicted molar refractivity (Wildman–Crippen MR) is 97.8 cm³/mol. The first-order chi connectivity index (χ1) is 12.6. The topological polar surface area (TPSA) is 96.9 Å². The summed E-state index contributed by atoms with van der Waals surface area (Å²) in [4.78, 5) is 34.9. The molecule has 1 aliphatic rings. The summed E-state index contributed by atoms with van der Waals surface area (Å²) in [5.74, 6) is -0.811. The molecule has 0 radical (unpaired) electrons. The molecule has 7 heteroatoms. The normalized spacial score (nSPS) is 14.8. The number of benzene rings is 1. The Balaban J connectivity index is 1.68. The quantitative estimate of drug-likeness (QED) is 0.443. The SMILES string of the molecule is COC(=O)c1ccc(/C=N\NC(=O)CCC(=O)NC2CCCCC2)cc1. The number of ether oxygens (including phenoxy) is 1. The monoisotopic (exact) mass is 359 g/mol. The minimum Gasteiger partial charge on any atom is -0.465 e. The minimum absolute atomic E-state index is 0.0885. The van der Waals surface area contributed by atoms with Crippen molar-refractivity contribution >= 4 is 24.0 Å². The maximum Gasteiger partial charge on any atom is 0.337 e. The molecule has 0 aliphatic heterocycles. The molecule has 1 fully saturated rings. The van der Waals surface area contributed by atoms with E-state index in [-0.39, 0.29) is 30.7 Å². The van der Waals surface area contributed by atoms with Gasteiger partial charge in [-0.1, -0.05) is 31.4 Å². The molecule has 7 nitrogen and oxygen atoms in total. The molecule has 0 aromatic heterocycles. The van der Waals surface area contributed by atoms with Gasteiger partial charge in [-0.3, -0.25) is 9.59 Å². The van der Waals surface area contributed by atoms with Gasteiger partial charge in [0.2, 0.25) is 11.8 Å². The molecule has 26 heavy (non-hydrogen) atoms. The van der Waals surface area contributed by atoms with Gasteiger partial charge in [0.15, 0.2) is 0 Å². The maximum absolute atomic E-state index is 11.9. The number of methoxy groups -OCH3 is 1. The van der Waals surface area contributed by atoms with E-state index in [4.69, 9.17) is 0 Å². The van der Waals surface area contributed by atoms with Crippen LogP contribution in [-0.2, 0) is 14.3 Å². The number of hydrogen-bond donors (Lipinski definition) is 2. The first-order valence-corrected chi connectivity index (χ1v) is 8.88. The van der Waals surface area contributed by atoms with Gasteiger partial charge < -0.3 is 10.1 Å². The van der Waals surface area contributed by atoms with Crippen LogP contribution in [0.2, 0.25) is 0 Å². The van der Waals surface area contributed by atoms with E-state index in [1.54, 1.807) is 24.3 Å². The first-order valence-electron chi connectivity index (χ1n) is 8.88. The molecular formula is C19H25N3O4.